The summed E-state index contributed by atoms with van der Waals surface area (Å²) in [7, 11) is 0. The lowest BCUT2D eigenvalue weighted by molar-refractivity contribution is 0.0548. The zero-order chi connectivity index (χ0) is 13.3. The molecule has 0 saturated carbocycles. The molecule has 3 N–H and O–H groups in total. The number of benzene rings is 1. The van der Waals surface area contributed by atoms with Crippen LogP contribution < -0.4 is 15.2 Å². The van der Waals surface area contributed by atoms with E-state index in [1.165, 1.54) is 0 Å². The maximum absolute atomic E-state index is 10.4. The fraction of sp³-hybridized carbons (Fsp3) is 0.538. The molecule has 0 saturated heterocycles. The van der Waals surface area contributed by atoms with Crippen LogP contribution in [-0.4, -0.2) is 24.9 Å². The van der Waals surface area contributed by atoms with Gasteiger partial charge in [0.1, 0.15) is 13.2 Å². The largest absolute Gasteiger partial charge is 0.486 e. The molecule has 100 valence electrons. The van der Waals surface area contributed by atoms with Crippen LogP contribution in [0.2, 0.25) is 0 Å². The van der Waals surface area contributed by atoms with Gasteiger partial charge in [-0.05, 0) is 33.6 Å². The Morgan fingerprint density at radius 3 is 2.72 bits per heavy atom. The molecule has 4 nitrogen and oxygen atoms in total. The molecule has 0 aliphatic carbocycles. The number of hydrogen-bond donors (Lipinski definition) is 2. The van der Waals surface area contributed by atoms with Crippen molar-refractivity contribution in [2.45, 2.75) is 20.0 Å². The van der Waals surface area contributed by atoms with Crippen LogP contribution in [0.3, 0.4) is 0 Å². The Morgan fingerprint density at radius 1 is 1.39 bits per heavy atom. The molecule has 0 amide bonds. The van der Waals surface area contributed by atoms with Gasteiger partial charge in [-0.2, -0.15) is 0 Å². The van der Waals surface area contributed by atoms with Gasteiger partial charge < -0.3 is 20.3 Å². The summed E-state index contributed by atoms with van der Waals surface area (Å²) in [4.78, 5) is 0. The molecule has 0 bridgehead atoms. The van der Waals surface area contributed by atoms with Gasteiger partial charge in [-0.3, -0.25) is 0 Å². The van der Waals surface area contributed by atoms with Gasteiger partial charge in [0, 0.05) is 12.0 Å². The van der Waals surface area contributed by atoms with Crippen LogP contribution in [0.25, 0.3) is 0 Å². The number of halogens is 1. The second-order valence-electron chi connectivity index (χ2n) is 5.12. The Balaban J connectivity index is 2.38. The fourth-order valence-electron chi connectivity index (χ4n) is 1.85. The fourth-order valence-corrected chi connectivity index (χ4v) is 2.43. The van der Waals surface area contributed by atoms with Crippen LogP contribution in [0, 0.1) is 5.41 Å². The average molecular weight is 316 g/mol. The minimum atomic E-state index is -0.644. The van der Waals surface area contributed by atoms with Crippen molar-refractivity contribution in [1.82, 2.24) is 0 Å². The second-order valence-corrected chi connectivity index (χ2v) is 5.98. The van der Waals surface area contributed by atoms with E-state index in [0.717, 1.165) is 10.0 Å². The van der Waals surface area contributed by atoms with E-state index in [4.69, 9.17) is 15.2 Å². The Bertz CT molecular complexity index is 448. The van der Waals surface area contributed by atoms with Crippen molar-refractivity contribution < 1.29 is 14.6 Å². The van der Waals surface area contributed by atoms with Crippen LogP contribution >= 0.6 is 15.9 Å². The average Bonchev–Trinajstić information content (AvgIpc) is 2.37. The third kappa shape index (κ3) is 2.48. The minimum Gasteiger partial charge on any atom is -0.486 e. The Hall–Kier alpha value is -0.780. The van der Waals surface area contributed by atoms with Crippen LogP contribution in [0.5, 0.6) is 11.5 Å². The summed E-state index contributed by atoms with van der Waals surface area (Å²) in [5.74, 6) is 1.36. The first-order valence-electron chi connectivity index (χ1n) is 5.93. The van der Waals surface area contributed by atoms with Crippen molar-refractivity contribution in [1.29, 1.82) is 0 Å². The molecule has 1 aliphatic heterocycles. The lowest BCUT2D eigenvalue weighted by Gasteiger charge is -2.30. The molecule has 1 atom stereocenters. The number of aliphatic hydroxyl groups excluding tert-OH is 1. The van der Waals surface area contributed by atoms with Crippen molar-refractivity contribution in [2.24, 2.45) is 11.1 Å². The van der Waals surface area contributed by atoms with Crippen molar-refractivity contribution >= 4 is 15.9 Å². The van der Waals surface area contributed by atoms with Crippen LogP contribution in [0.4, 0.5) is 0 Å². The SMILES string of the molecule is CC(C)(CN)C(O)c1cc(Br)c2c(c1)OCCO2. The Morgan fingerprint density at radius 2 is 2.06 bits per heavy atom. The van der Waals surface area contributed by atoms with E-state index >= 15 is 0 Å². The van der Waals surface area contributed by atoms with E-state index in [-0.39, 0.29) is 5.41 Å². The first-order chi connectivity index (χ1) is 8.45. The number of aliphatic hydroxyl groups is 1. The van der Waals surface area contributed by atoms with Gasteiger partial charge in [-0.25, -0.2) is 0 Å². The summed E-state index contributed by atoms with van der Waals surface area (Å²) in [6, 6.07) is 3.68. The number of fused-ring (bicyclic) bond motifs is 1. The normalized spacial score (nSPS) is 16.5. The molecular formula is C13H18BrNO3. The predicted molar refractivity (Wildman–Crippen MR) is 72.9 cm³/mol. The third-order valence-electron chi connectivity index (χ3n) is 3.20. The lowest BCUT2D eigenvalue weighted by Crippen LogP contribution is -2.30. The zero-order valence-electron chi connectivity index (χ0n) is 10.6. The third-order valence-corrected chi connectivity index (χ3v) is 3.79. The van der Waals surface area contributed by atoms with Crippen molar-refractivity contribution in [3.05, 3.63) is 22.2 Å². The molecule has 0 spiro atoms. The molecule has 18 heavy (non-hydrogen) atoms. The highest BCUT2D eigenvalue weighted by Crippen LogP contribution is 2.42. The molecule has 2 rings (SSSR count). The quantitative estimate of drug-likeness (QED) is 0.898. The van der Waals surface area contributed by atoms with Gasteiger partial charge >= 0.3 is 0 Å². The summed E-state index contributed by atoms with van der Waals surface area (Å²) in [6.45, 7) is 5.34. The van der Waals surface area contributed by atoms with E-state index in [1.807, 2.05) is 26.0 Å². The van der Waals surface area contributed by atoms with E-state index in [1.54, 1.807) is 0 Å². The molecule has 1 unspecified atom stereocenters. The topological polar surface area (TPSA) is 64.7 Å². The molecule has 1 aromatic rings. The first kappa shape index (κ1) is 13.6. The van der Waals surface area contributed by atoms with E-state index < -0.39 is 6.10 Å². The summed E-state index contributed by atoms with van der Waals surface area (Å²) in [5.41, 5.74) is 6.09. The molecule has 0 aromatic heterocycles. The van der Waals surface area contributed by atoms with Gasteiger partial charge in [-0.1, -0.05) is 13.8 Å². The molecule has 5 heteroatoms. The van der Waals surface area contributed by atoms with Gasteiger partial charge in [0.05, 0.1) is 10.6 Å². The smallest absolute Gasteiger partial charge is 0.175 e. The summed E-state index contributed by atoms with van der Waals surface area (Å²) < 4.78 is 11.9. The standard InChI is InChI=1S/C13H18BrNO3/c1-13(2,7-15)12(16)8-5-9(14)11-10(6-8)17-3-4-18-11/h5-6,12,16H,3-4,7,15H2,1-2H3. The maximum Gasteiger partial charge on any atom is 0.175 e. The first-order valence-corrected chi connectivity index (χ1v) is 6.72. The van der Waals surface area contributed by atoms with Crippen LogP contribution in [0.1, 0.15) is 25.5 Å². The summed E-state index contributed by atoms with van der Waals surface area (Å²) in [6.07, 6.45) is -0.644. The van der Waals surface area contributed by atoms with Crippen molar-refractivity contribution in [3.63, 3.8) is 0 Å². The van der Waals surface area contributed by atoms with Crippen molar-refractivity contribution in [3.8, 4) is 11.5 Å². The summed E-state index contributed by atoms with van der Waals surface area (Å²) in [5, 5.41) is 10.4. The monoisotopic (exact) mass is 315 g/mol. The second kappa shape index (κ2) is 5.07. The van der Waals surface area contributed by atoms with E-state index in [2.05, 4.69) is 15.9 Å². The summed E-state index contributed by atoms with van der Waals surface area (Å²) >= 11 is 3.44. The van der Waals surface area contributed by atoms with Crippen LogP contribution in [0.15, 0.2) is 16.6 Å². The highest BCUT2D eigenvalue weighted by Gasteiger charge is 2.29. The number of hydrogen-bond acceptors (Lipinski definition) is 4. The van der Waals surface area contributed by atoms with E-state index in [9.17, 15) is 5.11 Å². The van der Waals surface area contributed by atoms with Gasteiger partial charge in [-0.15, -0.1) is 0 Å². The number of rotatable bonds is 3. The maximum atomic E-state index is 10.4. The number of ether oxygens (including phenoxy) is 2. The van der Waals surface area contributed by atoms with E-state index in [0.29, 0.717) is 31.3 Å². The minimum absolute atomic E-state index is 0.386. The zero-order valence-corrected chi connectivity index (χ0v) is 12.2. The Kier molecular flexibility index (Phi) is 3.84. The molecule has 1 aromatic carbocycles. The van der Waals surface area contributed by atoms with Gasteiger partial charge in [0.25, 0.3) is 0 Å². The predicted octanol–water partition coefficient (Wildman–Crippen LogP) is 2.24. The van der Waals surface area contributed by atoms with Crippen molar-refractivity contribution in [2.75, 3.05) is 19.8 Å². The molecule has 1 aliphatic rings. The molecule has 0 radical (unpaired) electrons. The highest BCUT2D eigenvalue weighted by molar-refractivity contribution is 9.10. The molecular weight excluding hydrogens is 298 g/mol. The molecule has 0 fully saturated rings. The highest BCUT2D eigenvalue weighted by atomic mass is 79.9. The number of nitrogens with two attached hydrogens (primary N) is 1. The van der Waals surface area contributed by atoms with Gasteiger partial charge in [0.2, 0.25) is 0 Å². The van der Waals surface area contributed by atoms with Crippen LogP contribution in [-0.2, 0) is 0 Å². The Labute approximate surface area is 115 Å². The molecule has 1 heterocycles. The van der Waals surface area contributed by atoms with Gasteiger partial charge in [0.15, 0.2) is 11.5 Å². The lowest BCUT2D eigenvalue weighted by atomic mass is 9.83.